The van der Waals surface area contributed by atoms with Gasteiger partial charge in [0.2, 0.25) is 5.95 Å². The van der Waals surface area contributed by atoms with Crippen molar-refractivity contribution in [3.8, 4) is 11.3 Å². The quantitative estimate of drug-likeness (QED) is 0.489. The molecule has 3 heterocycles. The van der Waals surface area contributed by atoms with Gasteiger partial charge in [0.25, 0.3) is 5.56 Å². The first-order chi connectivity index (χ1) is 14.2. The maximum absolute atomic E-state index is 12.3. The summed E-state index contributed by atoms with van der Waals surface area (Å²) >= 11 is 1.39. The molecule has 0 spiro atoms. The minimum atomic E-state index is -0.113. The molecule has 0 unspecified atom stereocenters. The second-order valence-electron chi connectivity index (χ2n) is 6.76. The molecule has 7 heteroatoms. The fourth-order valence-electron chi connectivity index (χ4n) is 3.34. The van der Waals surface area contributed by atoms with Crippen LogP contribution in [0.4, 0.5) is 5.95 Å². The molecule has 0 atom stereocenters. The Kier molecular flexibility index (Phi) is 4.29. The van der Waals surface area contributed by atoms with Crippen LogP contribution in [-0.4, -0.2) is 27.0 Å². The standard InChI is InChI=1S/C22H17N5OS/c1-27(13-18-23-17-11-12-29-20(17)21(28)25-18)22-24-16-10-6-5-9-15(16)19(26-22)14-7-3-2-4-8-14/h2-12H,13H2,1H3,(H,23,25,28). The number of para-hydroxylation sites is 1. The molecule has 5 rings (SSSR count). The number of rotatable bonds is 4. The fourth-order valence-corrected chi connectivity index (χ4v) is 4.07. The summed E-state index contributed by atoms with van der Waals surface area (Å²) in [7, 11) is 1.90. The van der Waals surface area contributed by atoms with Crippen molar-refractivity contribution in [3.05, 3.63) is 82.2 Å². The van der Waals surface area contributed by atoms with Crippen LogP contribution < -0.4 is 10.5 Å². The molecule has 0 aliphatic heterocycles. The topological polar surface area (TPSA) is 74.8 Å². The first-order valence-corrected chi connectivity index (χ1v) is 10.1. The Labute approximate surface area is 170 Å². The number of nitrogens with zero attached hydrogens (tertiary/aromatic N) is 4. The van der Waals surface area contributed by atoms with Crippen LogP contribution in [0, 0.1) is 0 Å². The monoisotopic (exact) mass is 399 g/mol. The lowest BCUT2D eigenvalue weighted by Crippen LogP contribution is -2.23. The van der Waals surface area contributed by atoms with Gasteiger partial charge < -0.3 is 9.88 Å². The van der Waals surface area contributed by atoms with Crippen LogP contribution in [0.1, 0.15) is 5.82 Å². The summed E-state index contributed by atoms with van der Waals surface area (Å²) in [5.41, 5.74) is 3.39. The van der Waals surface area contributed by atoms with E-state index < -0.39 is 0 Å². The maximum Gasteiger partial charge on any atom is 0.268 e. The second-order valence-corrected chi connectivity index (χ2v) is 7.68. The maximum atomic E-state index is 12.3. The molecule has 6 nitrogen and oxygen atoms in total. The van der Waals surface area contributed by atoms with Crippen molar-refractivity contribution >= 4 is 38.4 Å². The van der Waals surface area contributed by atoms with E-state index in [1.165, 1.54) is 11.3 Å². The van der Waals surface area contributed by atoms with E-state index in [-0.39, 0.29) is 5.56 Å². The highest BCUT2D eigenvalue weighted by molar-refractivity contribution is 7.17. The van der Waals surface area contributed by atoms with E-state index in [1.54, 1.807) is 0 Å². The molecule has 0 saturated carbocycles. The van der Waals surface area contributed by atoms with Gasteiger partial charge >= 0.3 is 0 Å². The number of hydrogen-bond acceptors (Lipinski definition) is 6. The molecule has 0 bridgehead atoms. The Morgan fingerprint density at radius 3 is 2.59 bits per heavy atom. The zero-order chi connectivity index (χ0) is 19.8. The van der Waals surface area contributed by atoms with E-state index in [1.807, 2.05) is 78.0 Å². The molecule has 2 aromatic carbocycles. The zero-order valence-corrected chi connectivity index (χ0v) is 16.5. The largest absolute Gasteiger partial charge is 0.336 e. The van der Waals surface area contributed by atoms with Crippen molar-refractivity contribution in [2.24, 2.45) is 0 Å². The van der Waals surface area contributed by atoms with Crippen LogP contribution in [0.25, 0.3) is 32.4 Å². The van der Waals surface area contributed by atoms with Crippen molar-refractivity contribution in [2.45, 2.75) is 6.54 Å². The van der Waals surface area contributed by atoms with Crippen molar-refractivity contribution < 1.29 is 0 Å². The predicted molar refractivity (Wildman–Crippen MR) is 117 cm³/mol. The second kappa shape index (κ2) is 7.10. The normalized spacial score (nSPS) is 11.2. The van der Waals surface area contributed by atoms with Gasteiger partial charge in [0.15, 0.2) is 0 Å². The van der Waals surface area contributed by atoms with E-state index in [0.717, 1.165) is 22.2 Å². The number of H-pyrrole nitrogens is 1. The number of aromatic nitrogens is 4. The summed E-state index contributed by atoms with van der Waals surface area (Å²) in [6, 6.07) is 19.9. The Morgan fingerprint density at radius 2 is 1.72 bits per heavy atom. The van der Waals surface area contributed by atoms with E-state index >= 15 is 0 Å². The Bertz CT molecular complexity index is 1380. The Hall–Kier alpha value is -3.58. The fraction of sp³-hybridized carbons (Fsp3) is 0.0909. The smallest absolute Gasteiger partial charge is 0.268 e. The van der Waals surface area contributed by atoms with Gasteiger partial charge in [-0.2, -0.15) is 0 Å². The summed E-state index contributed by atoms with van der Waals surface area (Å²) in [5.74, 6) is 1.16. The van der Waals surface area contributed by atoms with E-state index in [2.05, 4.69) is 9.97 Å². The average Bonchev–Trinajstić information content (AvgIpc) is 3.23. The van der Waals surface area contributed by atoms with Gasteiger partial charge in [-0.25, -0.2) is 15.0 Å². The van der Waals surface area contributed by atoms with Crippen LogP contribution >= 0.6 is 11.3 Å². The van der Waals surface area contributed by atoms with E-state index in [9.17, 15) is 4.79 Å². The third-order valence-corrected chi connectivity index (χ3v) is 5.63. The summed E-state index contributed by atoms with van der Waals surface area (Å²) in [4.78, 5) is 31.2. The Balaban J connectivity index is 1.57. The number of anilines is 1. The van der Waals surface area contributed by atoms with E-state index in [4.69, 9.17) is 9.97 Å². The lowest BCUT2D eigenvalue weighted by molar-refractivity contribution is 0.813. The number of fused-ring (bicyclic) bond motifs is 2. The van der Waals surface area contributed by atoms with Crippen LogP contribution in [-0.2, 0) is 6.54 Å². The minimum absolute atomic E-state index is 0.113. The van der Waals surface area contributed by atoms with Gasteiger partial charge in [0, 0.05) is 18.0 Å². The van der Waals surface area contributed by atoms with Crippen LogP contribution in [0.3, 0.4) is 0 Å². The number of benzene rings is 2. The van der Waals surface area contributed by atoms with Crippen molar-refractivity contribution in [1.82, 2.24) is 19.9 Å². The summed E-state index contributed by atoms with van der Waals surface area (Å²) < 4.78 is 0.643. The lowest BCUT2D eigenvalue weighted by atomic mass is 10.1. The summed E-state index contributed by atoms with van der Waals surface area (Å²) in [6.07, 6.45) is 0. The molecule has 0 aliphatic carbocycles. The average molecular weight is 399 g/mol. The van der Waals surface area contributed by atoms with Gasteiger partial charge in [0.1, 0.15) is 10.5 Å². The number of nitrogens with one attached hydrogen (secondary N) is 1. The van der Waals surface area contributed by atoms with E-state index in [0.29, 0.717) is 28.5 Å². The molecule has 142 valence electrons. The van der Waals surface area contributed by atoms with Gasteiger partial charge in [-0.1, -0.05) is 48.5 Å². The number of hydrogen-bond donors (Lipinski definition) is 1. The molecule has 5 aromatic rings. The van der Waals surface area contributed by atoms with Gasteiger partial charge in [-0.05, 0) is 17.5 Å². The minimum Gasteiger partial charge on any atom is -0.336 e. The molecule has 0 aliphatic rings. The highest BCUT2D eigenvalue weighted by Gasteiger charge is 2.14. The molecular formula is C22H17N5OS. The highest BCUT2D eigenvalue weighted by atomic mass is 32.1. The molecular weight excluding hydrogens is 382 g/mol. The van der Waals surface area contributed by atoms with Crippen molar-refractivity contribution in [1.29, 1.82) is 0 Å². The molecule has 3 aromatic heterocycles. The Morgan fingerprint density at radius 1 is 0.931 bits per heavy atom. The lowest BCUT2D eigenvalue weighted by Gasteiger charge is -2.18. The zero-order valence-electron chi connectivity index (χ0n) is 15.7. The highest BCUT2D eigenvalue weighted by Crippen LogP contribution is 2.28. The third kappa shape index (κ3) is 3.25. The van der Waals surface area contributed by atoms with Crippen LogP contribution in [0.15, 0.2) is 70.8 Å². The van der Waals surface area contributed by atoms with Gasteiger partial charge in [-0.3, -0.25) is 4.79 Å². The third-order valence-electron chi connectivity index (χ3n) is 4.73. The number of thiophene rings is 1. The SMILES string of the molecule is CN(Cc1nc2ccsc2c(=O)[nH]1)c1nc(-c2ccccc2)c2ccccc2n1. The molecule has 0 amide bonds. The van der Waals surface area contributed by atoms with Gasteiger partial charge in [0.05, 0.1) is 23.3 Å². The summed E-state index contributed by atoms with van der Waals surface area (Å²) in [5, 5.41) is 2.88. The molecule has 0 saturated heterocycles. The van der Waals surface area contributed by atoms with Crippen molar-refractivity contribution in [2.75, 3.05) is 11.9 Å². The number of aromatic amines is 1. The van der Waals surface area contributed by atoms with Crippen LogP contribution in [0.2, 0.25) is 0 Å². The molecule has 0 fully saturated rings. The summed E-state index contributed by atoms with van der Waals surface area (Å²) in [6.45, 7) is 0.396. The molecule has 1 N–H and O–H groups in total. The van der Waals surface area contributed by atoms with Crippen LogP contribution in [0.5, 0.6) is 0 Å². The first-order valence-electron chi connectivity index (χ1n) is 9.19. The molecule has 0 radical (unpaired) electrons. The van der Waals surface area contributed by atoms with Crippen molar-refractivity contribution in [3.63, 3.8) is 0 Å². The molecule has 29 heavy (non-hydrogen) atoms. The van der Waals surface area contributed by atoms with Gasteiger partial charge in [-0.15, -0.1) is 11.3 Å². The predicted octanol–water partition coefficient (Wildman–Crippen LogP) is 4.23. The first kappa shape index (κ1) is 17.5.